The molecule has 0 bridgehead atoms. The molecule has 126 valence electrons. The van der Waals surface area contributed by atoms with Crippen molar-refractivity contribution in [2.45, 2.75) is 52.9 Å². The maximum absolute atomic E-state index is 5.73. The van der Waals surface area contributed by atoms with E-state index in [0.29, 0.717) is 0 Å². The molecule has 0 spiro atoms. The van der Waals surface area contributed by atoms with Crippen LogP contribution in [0.1, 0.15) is 52.0 Å². The minimum absolute atomic E-state index is 0.852. The third kappa shape index (κ3) is 8.55. The Morgan fingerprint density at radius 2 is 1.68 bits per heavy atom. The van der Waals surface area contributed by atoms with Gasteiger partial charge in [0.15, 0.2) is 0 Å². The zero-order chi connectivity index (χ0) is 16.0. The van der Waals surface area contributed by atoms with Gasteiger partial charge in [-0.05, 0) is 63.2 Å². The van der Waals surface area contributed by atoms with E-state index in [-0.39, 0.29) is 0 Å². The average Bonchev–Trinajstić information content (AvgIpc) is 2.58. The smallest absolute Gasteiger partial charge is 0.0506 e. The molecule has 2 nitrogen and oxygen atoms in total. The van der Waals surface area contributed by atoms with Crippen molar-refractivity contribution >= 4 is 0 Å². The van der Waals surface area contributed by atoms with E-state index in [2.05, 4.69) is 42.2 Å². The molecule has 1 aromatic rings. The van der Waals surface area contributed by atoms with Gasteiger partial charge in [-0.15, -0.1) is 0 Å². The minimum Gasteiger partial charge on any atom is -0.381 e. The van der Waals surface area contributed by atoms with Gasteiger partial charge in [-0.25, -0.2) is 0 Å². The molecule has 1 heterocycles. The first-order valence-corrected chi connectivity index (χ1v) is 9.18. The fourth-order valence-electron chi connectivity index (χ4n) is 2.76. The average molecular weight is 306 g/mol. The van der Waals surface area contributed by atoms with Crippen molar-refractivity contribution in [3.8, 4) is 0 Å². The van der Waals surface area contributed by atoms with Crippen LogP contribution in [0, 0.1) is 5.92 Å². The predicted octanol–water partition coefficient (Wildman–Crippen LogP) is 4.78. The first kappa shape index (κ1) is 19.2. The highest BCUT2D eigenvalue weighted by Gasteiger charge is 2.14. The van der Waals surface area contributed by atoms with Crippen LogP contribution in [-0.2, 0) is 11.2 Å². The molecule has 0 unspecified atom stereocenters. The van der Waals surface area contributed by atoms with Crippen LogP contribution in [0.4, 0.5) is 0 Å². The maximum Gasteiger partial charge on any atom is 0.0506 e. The van der Waals surface area contributed by atoms with Gasteiger partial charge in [0, 0.05) is 6.61 Å². The third-order valence-corrected chi connectivity index (χ3v) is 4.27. The molecule has 2 rings (SSSR count). The van der Waals surface area contributed by atoms with Gasteiger partial charge in [-0.2, -0.15) is 0 Å². The van der Waals surface area contributed by atoms with Crippen LogP contribution < -0.4 is 0 Å². The summed E-state index contributed by atoms with van der Waals surface area (Å²) in [5, 5.41) is 0. The van der Waals surface area contributed by atoms with E-state index in [0.717, 1.165) is 25.6 Å². The topological polar surface area (TPSA) is 12.5 Å². The monoisotopic (exact) mass is 305 g/mol. The third-order valence-electron chi connectivity index (χ3n) is 4.27. The molecule has 0 aliphatic carbocycles. The second-order valence-corrected chi connectivity index (χ2v) is 6.08. The van der Waals surface area contributed by atoms with Crippen LogP contribution in [0.5, 0.6) is 0 Å². The van der Waals surface area contributed by atoms with Crippen molar-refractivity contribution in [1.29, 1.82) is 0 Å². The van der Waals surface area contributed by atoms with E-state index in [1.807, 2.05) is 13.8 Å². The van der Waals surface area contributed by atoms with E-state index in [4.69, 9.17) is 4.74 Å². The van der Waals surface area contributed by atoms with Crippen LogP contribution in [0.15, 0.2) is 30.3 Å². The predicted molar refractivity (Wildman–Crippen MR) is 96.4 cm³/mol. The number of rotatable bonds is 8. The molecule has 1 aromatic carbocycles. The molecule has 0 aromatic heterocycles. The van der Waals surface area contributed by atoms with Gasteiger partial charge in [0.05, 0.1) is 6.61 Å². The van der Waals surface area contributed by atoms with Crippen molar-refractivity contribution in [2.75, 3.05) is 32.8 Å². The largest absolute Gasteiger partial charge is 0.381 e. The highest BCUT2D eigenvalue weighted by atomic mass is 16.5. The Morgan fingerprint density at radius 1 is 1.00 bits per heavy atom. The number of unbranched alkanes of at least 4 members (excludes halogenated alkanes) is 1. The molecule has 1 aliphatic rings. The van der Waals surface area contributed by atoms with Crippen molar-refractivity contribution in [2.24, 2.45) is 5.92 Å². The highest BCUT2D eigenvalue weighted by Crippen LogP contribution is 2.16. The minimum atomic E-state index is 0.852. The van der Waals surface area contributed by atoms with Gasteiger partial charge in [-0.1, -0.05) is 51.1 Å². The highest BCUT2D eigenvalue weighted by molar-refractivity contribution is 5.14. The van der Waals surface area contributed by atoms with Crippen LogP contribution in [0.25, 0.3) is 0 Å². The van der Waals surface area contributed by atoms with Crippen LogP contribution in [0.2, 0.25) is 0 Å². The normalized spacial score (nSPS) is 16.1. The molecule has 0 atom stereocenters. The lowest BCUT2D eigenvalue weighted by molar-refractivity contribution is 0.126. The van der Waals surface area contributed by atoms with Crippen molar-refractivity contribution in [3.05, 3.63) is 35.9 Å². The lowest BCUT2D eigenvalue weighted by atomic mass is 9.99. The maximum atomic E-state index is 5.73. The lowest BCUT2D eigenvalue weighted by Gasteiger charge is -2.30. The van der Waals surface area contributed by atoms with Gasteiger partial charge in [0.2, 0.25) is 0 Å². The summed E-state index contributed by atoms with van der Waals surface area (Å²) in [6.07, 6.45) is 6.27. The SMILES string of the molecule is CC.CC1CCN(CCCCOCCc2ccccc2)CC1. The molecule has 2 heteroatoms. The number of nitrogens with zero attached hydrogens (tertiary/aromatic N) is 1. The Morgan fingerprint density at radius 3 is 2.36 bits per heavy atom. The van der Waals surface area contributed by atoms with Gasteiger partial charge in [0.1, 0.15) is 0 Å². The quantitative estimate of drug-likeness (QED) is 0.641. The molecule has 1 aliphatic heterocycles. The molecular formula is C20H35NO. The van der Waals surface area contributed by atoms with Crippen molar-refractivity contribution < 1.29 is 4.74 Å². The summed E-state index contributed by atoms with van der Waals surface area (Å²) in [7, 11) is 0. The fourth-order valence-corrected chi connectivity index (χ4v) is 2.76. The van der Waals surface area contributed by atoms with Gasteiger partial charge >= 0.3 is 0 Å². The van der Waals surface area contributed by atoms with E-state index in [1.165, 1.54) is 50.9 Å². The number of hydrogen-bond acceptors (Lipinski definition) is 2. The summed E-state index contributed by atoms with van der Waals surface area (Å²) in [5.74, 6) is 0.938. The molecule has 0 radical (unpaired) electrons. The zero-order valence-electron chi connectivity index (χ0n) is 14.9. The number of piperidine rings is 1. The first-order valence-electron chi connectivity index (χ1n) is 9.18. The van der Waals surface area contributed by atoms with Crippen molar-refractivity contribution in [1.82, 2.24) is 4.90 Å². The molecule has 0 N–H and O–H groups in total. The standard InChI is InChI=1S/C18H29NO.C2H6/c1-17-9-13-19(14-10-17)12-5-6-15-20-16-11-18-7-3-2-4-8-18;1-2/h2-4,7-8,17H,5-6,9-16H2,1H3;1-2H3. The number of ether oxygens (including phenoxy) is 1. The molecular weight excluding hydrogens is 270 g/mol. The Balaban J connectivity index is 0.00000116. The lowest BCUT2D eigenvalue weighted by Crippen LogP contribution is -2.33. The molecule has 0 amide bonds. The molecule has 1 fully saturated rings. The molecule has 22 heavy (non-hydrogen) atoms. The van der Waals surface area contributed by atoms with E-state index in [9.17, 15) is 0 Å². The summed E-state index contributed by atoms with van der Waals surface area (Å²) in [4.78, 5) is 2.62. The second-order valence-electron chi connectivity index (χ2n) is 6.08. The van der Waals surface area contributed by atoms with E-state index in [1.54, 1.807) is 0 Å². The second kappa shape index (κ2) is 12.7. The van der Waals surface area contributed by atoms with Crippen LogP contribution in [-0.4, -0.2) is 37.7 Å². The fraction of sp³-hybridized carbons (Fsp3) is 0.700. The zero-order valence-corrected chi connectivity index (χ0v) is 14.9. The molecule has 1 saturated heterocycles. The number of likely N-dealkylation sites (tertiary alicyclic amines) is 1. The van der Waals surface area contributed by atoms with Crippen LogP contribution >= 0.6 is 0 Å². The van der Waals surface area contributed by atoms with Gasteiger partial charge in [-0.3, -0.25) is 0 Å². The van der Waals surface area contributed by atoms with Crippen molar-refractivity contribution in [3.63, 3.8) is 0 Å². The summed E-state index contributed by atoms with van der Waals surface area (Å²) in [6, 6.07) is 10.6. The Hall–Kier alpha value is -0.860. The number of hydrogen-bond donors (Lipinski definition) is 0. The Labute approximate surface area is 137 Å². The Bertz CT molecular complexity index is 344. The molecule has 0 saturated carbocycles. The number of benzene rings is 1. The van der Waals surface area contributed by atoms with Gasteiger partial charge in [0.25, 0.3) is 0 Å². The first-order chi connectivity index (χ1) is 10.8. The van der Waals surface area contributed by atoms with Crippen LogP contribution in [0.3, 0.4) is 0 Å². The van der Waals surface area contributed by atoms with Gasteiger partial charge < -0.3 is 9.64 Å². The Kier molecular flexibility index (Phi) is 11.0. The summed E-state index contributed by atoms with van der Waals surface area (Å²) < 4.78 is 5.73. The summed E-state index contributed by atoms with van der Waals surface area (Å²) in [6.45, 7) is 12.0. The van der Waals surface area contributed by atoms with E-state index >= 15 is 0 Å². The summed E-state index contributed by atoms with van der Waals surface area (Å²) in [5.41, 5.74) is 1.37. The summed E-state index contributed by atoms with van der Waals surface area (Å²) >= 11 is 0. The van der Waals surface area contributed by atoms with E-state index < -0.39 is 0 Å².